The van der Waals surface area contributed by atoms with Gasteiger partial charge in [0.15, 0.2) is 0 Å². The number of nitrogens with zero attached hydrogens (tertiary/aromatic N) is 1. The Morgan fingerprint density at radius 1 is 0.964 bits per heavy atom. The van der Waals surface area contributed by atoms with E-state index in [9.17, 15) is 10.2 Å². The fourth-order valence-corrected chi connectivity index (χ4v) is 8.82. The van der Waals surface area contributed by atoms with Crippen LogP contribution in [0.15, 0.2) is 12.2 Å². The summed E-state index contributed by atoms with van der Waals surface area (Å²) in [7, 11) is 0. The van der Waals surface area contributed by atoms with Gasteiger partial charge in [-0.2, -0.15) is 0 Å². The van der Waals surface area contributed by atoms with Gasteiger partial charge >= 0.3 is 0 Å². The van der Waals surface area contributed by atoms with Gasteiger partial charge < -0.3 is 10.2 Å². The molecule has 4 saturated carbocycles. The van der Waals surface area contributed by atoms with Gasteiger partial charge in [0.1, 0.15) is 0 Å². The lowest BCUT2D eigenvalue weighted by atomic mass is 9.49. The topological polar surface area (TPSA) is 43.7 Å². The van der Waals surface area contributed by atoms with Crippen molar-refractivity contribution in [2.24, 2.45) is 40.9 Å². The number of β-amino-alcohol motifs (C(OH)–C–C–N with tert-alkyl or cyclic N) is 1. The van der Waals surface area contributed by atoms with Crippen molar-refractivity contribution in [1.29, 1.82) is 0 Å². The Morgan fingerprint density at radius 3 is 2.46 bits per heavy atom. The molecule has 1 aliphatic heterocycles. The molecule has 28 heavy (non-hydrogen) atoms. The first-order valence-electron chi connectivity index (χ1n) is 12.1. The SMILES string of the molecule is C=C(CN1CC(O)C1)[C@H]1CC[C@H]2[C@@H]3CC[C@H]4C[C@](C)(O)CC[C@@H]4[C@H]3CC[C@]12C. The van der Waals surface area contributed by atoms with Crippen molar-refractivity contribution in [2.75, 3.05) is 19.6 Å². The van der Waals surface area contributed by atoms with E-state index in [2.05, 4.69) is 25.3 Å². The standard InChI is InChI=1S/C25H41NO2/c1-16(13-26-14-18(27)15-26)22-6-7-23-21-5-4-17-12-24(2,28)10-8-19(17)20(21)9-11-25(22,23)3/h17-23,27-28H,1,4-15H2,2-3H3/t17-,19-,20+,21+,22+,23-,24+,25+/m0/s1. The van der Waals surface area contributed by atoms with Crippen LogP contribution in [0.5, 0.6) is 0 Å². The molecular weight excluding hydrogens is 346 g/mol. The highest BCUT2D eigenvalue weighted by molar-refractivity contribution is 5.17. The highest BCUT2D eigenvalue weighted by atomic mass is 16.3. The van der Waals surface area contributed by atoms with E-state index in [1.165, 1.54) is 50.5 Å². The van der Waals surface area contributed by atoms with Crippen LogP contribution in [0.3, 0.4) is 0 Å². The normalized spacial score (nSPS) is 51.7. The van der Waals surface area contributed by atoms with Gasteiger partial charge in [-0.25, -0.2) is 0 Å². The zero-order valence-electron chi connectivity index (χ0n) is 18.1. The molecule has 0 radical (unpaired) electrons. The van der Waals surface area contributed by atoms with Crippen LogP contribution in [0.1, 0.15) is 71.6 Å². The Labute approximate surface area is 171 Å². The second kappa shape index (κ2) is 6.82. The molecule has 2 N–H and O–H groups in total. The monoisotopic (exact) mass is 387 g/mol. The maximum atomic E-state index is 10.6. The van der Waals surface area contributed by atoms with Crippen LogP contribution in [0.2, 0.25) is 0 Å². The number of likely N-dealkylation sites (tertiary alicyclic amines) is 1. The predicted octanol–water partition coefficient (Wildman–Crippen LogP) is 4.24. The van der Waals surface area contributed by atoms with Gasteiger partial charge in [-0.05, 0) is 106 Å². The fourth-order valence-electron chi connectivity index (χ4n) is 8.82. The van der Waals surface area contributed by atoms with Crippen molar-refractivity contribution in [2.45, 2.75) is 83.3 Å². The molecule has 8 atom stereocenters. The van der Waals surface area contributed by atoms with Gasteiger partial charge in [0.05, 0.1) is 11.7 Å². The molecule has 5 fully saturated rings. The van der Waals surface area contributed by atoms with E-state index in [4.69, 9.17) is 0 Å². The molecule has 158 valence electrons. The summed E-state index contributed by atoms with van der Waals surface area (Å²) in [5.74, 6) is 5.07. The maximum Gasteiger partial charge on any atom is 0.0794 e. The van der Waals surface area contributed by atoms with Gasteiger partial charge in [0.25, 0.3) is 0 Å². The van der Waals surface area contributed by atoms with Gasteiger partial charge in [-0.15, -0.1) is 0 Å². The highest BCUT2D eigenvalue weighted by Crippen LogP contribution is 2.65. The minimum absolute atomic E-state index is 0.110. The summed E-state index contributed by atoms with van der Waals surface area (Å²) < 4.78 is 0. The molecule has 0 amide bonds. The summed E-state index contributed by atoms with van der Waals surface area (Å²) in [6.07, 6.45) is 11.5. The lowest BCUT2D eigenvalue weighted by Gasteiger charge is -2.57. The van der Waals surface area contributed by atoms with Crippen molar-refractivity contribution < 1.29 is 10.2 Å². The van der Waals surface area contributed by atoms with Crippen LogP contribution in [-0.4, -0.2) is 46.5 Å². The smallest absolute Gasteiger partial charge is 0.0794 e. The second-order valence-electron chi connectivity index (χ2n) is 11.9. The van der Waals surface area contributed by atoms with E-state index in [1.807, 2.05) is 0 Å². The minimum atomic E-state index is -0.405. The van der Waals surface area contributed by atoms with Crippen molar-refractivity contribution in [1.82, 2.24) is 4.90 Å². The molecule has 0 bridgehead atoms. The number of fused-ring (bicyclic) bond motifs is 5. The number of aliphatic hydroxyl groups excluding tert-OH is 1. The molecule has 1 heterocycles. The molecule has 3 nitrogen and oxygen atoms in total. The lowest BCUT2D eigenvalue weighted by Crippen LogP contribution is -2.52. The largest absolute Gasteiger partial charge is 0.390 e. The van der Waals surface area contributed by atoms with Gasteiger partial charge in [-0.3, -0.25) is 4.90 Å². The number of hydrogen-bond acceptors (Lipinski definition) is 3. The first kappa shape index (κ1) is 19.6. The van der Waals surface area contributed by atoms with Crippen LogP contribution in [-0.2, 0) is 0 Å². The molecule has 0 spiro atoms. The van der Waals surface area contributed by atoms with Gasteiger partial charge in [-0.1, -0.05) is 19.1 Å². The van der Waals surface area contributed by atoms with Gasteiger partial charge in [0, 0.05) is 19.6 Å². The van der Waals surface area contributed by atoms with Crippen molar-refractivity contribution >= 4 is 0 Å². The van der Waals surface area contributed by atoms with E-state index < -0.39 is 5.60 Å². The van der Waals surface area contributed by atoms with Crippen LogP contribution in [0.4, 0.5) is 0 Å². The van der Waals surface area contributed by atoms with E-state index in [0.29, 0.717) is 11.3 Å². The molecule has 0 aromatic rings. The summed E-state index contributed by atoms with van der Waals surface area (Å²) in [4.78, 5) is 2.37. The van der Waals surface area contributed by atoms with Gasteiger partial charge in [0.2, 0.25) is 0 Å². The molecule has 1 saturated heterocycles. The summed E-state index contributed by atoms with van der Waals surface area (Å²) in [5.41, 5.74) is 1.49. The molecule has 0 aromatic carbocycles. The third kappa shape index (κ3) is 3.11. The number of aliphatic hydroxyl groups is 2. The maximum absolute atomic E-state index is 10.6. The molecule has 4 aliphatic carbocycles. The second-order valence-corrected chi connectivity index (χ2v) is 11.9. The Hall–Kier alpha value is -0.380. The zero-order chi connectivity index (χ0) is 19.7. The first-order valence-corrected chi connectivity index (χ1v) is 12.1. The minimum Gasteiger partial charge on any atom is -0.390 e. The number of rotatable bonds is 3. The van der Waals surface area contributed by atoms with Crippen LogP contribution < -0.4 is 0 Å². The molecule has 5 aliphatic rings. The van der Waals surface area contributed by atoms with E-state index in [-0.39, 0.29) is 6.10 Å². The Morgan fingerprint density at radius 2 is 1.71 bits per heavy atom. The summed E-state index contributed by atoms with van der Waals surface area (Å²) >= 11 is 0. The molecule has 0 unspecified atom stereocenters. The van der Waals surface area contributed by atoms with Crippen LogP contribution in [0, 0.1) is 40.9 Å². The summed E-state index contributed by atoms with van der Waals surface area (Å²) in [6, 6.07) is 0. The van der Waals surface area contributed by atoms with Crippen molar-refractivity contribution in [3.05, 3.63) is 12.2 Å². The Kier molecular flexibility index (Phi) is 4.77. The molecule has 5 rings (SSSR count). The summed E-state index contributed by atoms with van der Waals surface area (Å²) in [5, 5.41) is 20.2. The lowest BCUT2D eigenvalue weighted by molar-refractivity contribution is -0.0981. The Balaban J connectivity index is 1.28. The van der Waals surface area contributed by atoms with E-state index >= 15 is 0 Å². The average Bonchev–Trinajstić information content (AvgIpc) is 2.96. The fraction of sp³-hybridized carbons (Fsp3) is 0.920. The number of hydrogen-bond donors (Lipinski definition) is 2. The third-order valence-electron chi connectivity index (χ3n) is 10.1. The van der Waals surface area contributed by atoms with Crippen molar-refractivity contribution in [3.8, 4) is 0 Å². The van der Waals surface area contributed by atoms with Crippen LogP contribution in [0.25, 0.3) is 0 Å². The van der Waals surface area contributed by atoms with Crippen LogP contribution >= 0.6 is 0 Å². The Bertz CT molecular complexity index is 624. The molecule has 3 heteroatoms. The highest BCUT2D eigenvalue weighted by Gasteiger charge is 2.57. The quantitative estimate of drug-likeness (QED) is 0.712. The van der Waals surface area contributed by atoms with Crippen molar-refractivity contribution in [3.63, 3.8) is 0 Å². The third-order valence-corrected chi connectivity index (χ3v) is 10.1. The van der Waals surface area contributed by atoms with E-state index in [0.717, 1.165) is 62.1 Å². The van der Waals surface area contributed by atoms with E-state index in [1.54, 1.807) is 0 Å². The first-order chi connectivity index (χ1) is 13.3. The predicted molar refractivity (Wildman–Crippen MR) is 113 cm³/mol. The molecule has 0 aromatic heterocycles. The zero-order valence-corrected chi connectivity index (χ0v) is 18.1. The summed E-state index contributed by atoms with van der Waals surface area (Å²) in [6.45, 7) is 11.9. The molecular formula is C25H41NO2. The average molecular weight is 388 g/mol.